The molecule has 0 fully saturated rings. The van der Waals surface area contributed by atoms with Gasteiger partial charge in [-0.15, -0.1) is 0 Å². The molecule has 0 saturated carbocycles. The van der Waals surface area contributed by atoms with Crippen molar-refractivity contribution in [2.75, 3.05) is 18.0 Å². The number of aryl methyl sites for hydroxylation is 1. The van der Waals surface area contributed by atoms with E-state index in [0.29, 0.717) is 11.3 Å². The summed E-state index contributed by atoms with van der Waals surface area (Å²) in [6.07, 6.45) is -1.76. The highest BCUT2D eigenvalue weighted by Crippen LogP contribution is 2.44. The Hall–Kier alpha value is -2.47. The predicted molar refractivity (Wildman–Crippen MR) is 109 cm³/mol. The van der Waals surface area contributed by atoms with Crippen LogP contribution >= 0.6 is 0 Å². The van der Waals surface area contributed by atoms with E-state index >= 15 is 0 Å². The van der Waals surface area contributed by atoms with Crippen molar-refractivity contribution in [3.8, 4) is 5.75 Å². The third-order valence-corrected chi connectivity index (χ3v) is 5.50. The number of nitrogens with zero attached hydrogens (tertiary/aromatic N) is 1. The van der Waals surface area contributed by atoms with Crippen LogP contribution in [0.25, 0.3) is 6.08 Å². The second kappa shape index (κ2) is 7.41. The molecule has 0 amide bonds. The van der Waals surface area contributed by atoms with E-state index in [0.717, 1.165) is 11.1 Å². The third-order valence-electron chi connectivity index (χ3n) is 5.50. The number of phenolic OH excluding ortho intramolecular Hbond substituents is 1. The molecule has 2 aromatic rings. The Balaban J connectivity index is 1.96. The van der Waals surface area contributed by atoms with Gasteiger partial charge in [0.1, 0.15) is 5.75 Å². The molecule has 1 aliphatic rings. The van der Waals surface area contributed by atoms with Gasteiger partial charge in [0.25, 0.3) is 0 Å². The molecule has 1 aliphatic heterocycles. The Morgan fingerprint density at radius 3 is 2.45 bits per heavy atom. The number of aromatic hydroxyl groups is 1. The van der Waals surface area contributed by atoms with Gasteiger partial charge in [0, 0.05) is 12.2 Å². The van der Waals surface area contributed by atoms with Crippen molar-refractivity contribution in [3.05, 3.63) is 65.2 Å². The second-order valence-corrected chi connectivity index (χ2v) is 8.45. The first-order valence-corrected chi connectivity index (χ1v) is 9.53. The first-order valence-electron chi connectivity index (χ1n) is 9.53. The molecule has 1 unspecified atom stereocenters. The summed E-state index contributed by atoms with van der Waals surface area (Å²) in [7, 11) is 0. The van der Waals surface area contributed by atoms with Gasteiger partial charge in [-0.1, -0.05) is 61.9 Å². The molecule has 156 valence electrons. The minimum absolute atomic E-state index is 0.0728. The van der Waals surface area contributed by atoms with Crippen molar-refractivity contribution in [1.82, 2.24) is 0 Å². The van der Waals surface area contributed by atoms with Gasteiger partial charge >= 0.3 is 6.18 Å². The molecule has 0 aromatic heterocycles. The van der Waals surface area contributed by atoms with E-state index in [2.05, 4.69) is 0 Å². The average Bonchev–Trinajstić information content (AvgIpc) is 2.62. The lowest BCUT2D eigenvalue weighted by atomic mass is 9.74. The van der Waals surface area contributed by atoms with Crippen LogP contribution in [-0.2, 0) is 5.41 Å². The molecule has 0 radical (unpaired) electrons. The summed E-state index contributed by atoms with van der Waals surface area (Å²) in [4.78, 5) is 1.55. The van der Waals surface area contributed by atoms with Crippen LogP contribution < -0.4 is 4.90 Å². The number of hydrogen-bond donors (Lipinski definition) is 2. The Bertz CT molecular complexity index is 921. The van der Waals surface area contributed by atoms with Gasteiger partial charge in [-0.2, -0.15) is 13.2 Å². The first-order chi connectivity index (χ1) is 13.4. The molecule has 1 heterocycles. The number of β-amino-alcohol motifs (C(OH)–C–C–N with tert-alkyl or cyclic N) is 1. The smallest absolute Gasteiger partial charge is 0.418 e. The van der Waals surface area contributed by atoms with Gasteiger partial charge < -0.3 is 15.1 Å². The van der Waals surface area contributed by atoms with Gasteiger partial charge in [0.05, 0.1) is 6.54 Å². The van der Waals surface area contributed by atoms with Crippen LogP contribution in [0.4, 0.5) is 18.9 Å². The number of para-hydroxylation sites is 1. The summed E-state index contributed by atoms with van der Waals surface area (Å²) >= 11 is 0. The van der Waals surface area contributed by atoms with E-state index in [1.165, 1.54) is 6.07 Å². The predicted octanol–water partition coefficient (Wildman–Crippen LogP) is 5.20. The number of fused-ring (bicyclic) bond motifs is 1. The largest absolute Gasteiger partial charge is 0.508 e. The summed E-state index contributed by atoms with van der Waals surface area (Å²) in [5.41, 5.74) is -1.36. The Morgan fingerprint density at radius 1 is 1.07 bits per heavy atom. The molecule has 29 heavy (non-hydrogen) atoms. The molecule has 0 bridgehead atoms. The van der Waals surface area contributed by atoms with Crippen LogP contribution in [0.2, 0.25) is 0 Å². The second-order valence-electron chi connectivity index (χ2n) is 8.45. The summed E-state index contributed by atoms with van der Waals surface area (Å²) in [5, 5.41) is 21.1. The van der Waals surface area contributed by atoms with Crippen LogP contribution in [0.3, 0.4) is 0 Å². The molecule has 1 atom stereocenters. The highest BCUT2D eigenvalue weighted by molar-refractivity contribution is 5.71. The van der Waals surface area contributed by atoms with Crippen molar-refractivity contribution in [2.45, 2.75) is 44.4 Å². The normalized spacial score (nSPS) is 16.4. The summed E-state index contributed by atoms with van der Waals surface area (Å²) in [6, 6.07) is 12.0. The van der Waals surface area contributed by atoms with Crippen LogP contribution in [0.15, 0.2) is 48.5 Å². The van der Waals surface area contributed by atoms with E-state index in [-0.39, 0.29) is 12.3 Å². The monoisotopic (exact) mass is 405 g/mol. The van der Waals surface area contributed by atoms with Gasteiger partial charge in [-0.3, -0.25) is 0 Å². The minimum Gasteiger partial charge on any atom is -0.508 e. The zero-order valence-electron chi connectivity index (χ0n) is 16.8. The van der Waals surface area contributed by atoms with Crippen LogP contribution in [-0.4, -0.2) is 35.1 Å². The lowest BCUT2D eigenvalue weighted by Gasteiger charge is -2.42. The number of anilines is 1. The maximum Gasteiger partial charge on any atom is 0.418 e. The molecule has 0 spiro atoms. The highest BCUT2D eigenvalue weighted by atomic mass is 19.4. The number of hydrogen-bond acceptors (Lipinski definition) is 3. The Kier molecular flexibility index (Phi) is 5.43. The van der Waals surface area contributed by atoms with Crippen molar-refractivity contribution in [1.29, 1.82) is 0 Å². The van der Waals surface area contributed by atoms with Crippen molar-refractivity contribution < 1.29 is 23.4 Å². The molecule has 2 N–H and O–H groups in total. The van der Waals surface area contributed by atoms with Crippen LogP contribution in [0, 0.1) is 6.92 Å². The van der Waals surface area contributed by atoms with E-state index < -0.39 is 30.2 Å². The summed E-state index contributed by atoms with van der Waals surface area (Å²) < 4.78 is 42.3. The average molecular weight is 405 g/mol. The van der Waals surface area contributed by atoms with Crippen molar-refractivity contribution >= 4 is 11.8 Å². The molecule has 3 nitrogen and oxygen atoms in total. The number of aliphatic hydroxyl groups is 1. The zero-order chi connectivity index (χ0) is 21.4. The molecular weight excluding hydrogens is 379 g/mol. The van der Waals surface area contributed by atoms with Gasteiger partial charge in [0.15, 0.2) is 5.60 Å². The molecular formula is C23H26F3NO2. The minimum atomic E-state index is -4.83. The van der Waals surface area contributed by atoms with Gasteiger partial charge in [-0.05, 0) is 42.0 Å². The Labute approximate surface area is 169 Å². The molecule has 2 aromatic carbocycles. The number of phenols is 1. The van der Waals surface area contributed by atoms with Crippen molar-refractivity contribution in [2.24, 2.45) is 0 Å². The fraction of sp³-hybridized carbons (Fsp3) is 0.391. The van der Waals surface area contributed by atoms with Gasteiger partial charge in [-0.25, -0.2) is 0 Å². The van der Waals surface area contributed by atoms with E-state index in [1.807, 2.05) is 25.1 Å². The van der Waals surface area contributed by atoms with E-state index in [9.17, 15) is 23.4 Å². The number of rotatable bonds is 5. The maximum atomic E-state index is 14.1. The summed E-state index contributed by atoms with van der Waals surface area (Å²) in [5.74, 6) is -0.0728. The fourth-order valence-electron chi connectivity index (χ4n) is 4.05. The number of alkyl halides is 3. The Morgan fingerprint density at radius 2 is 1.76 bits per heavy atom. The highest BCUT2D eigenvalue weighted by Gasteiger charge is 2.57. The zero-order valence-corrected chi connectivity index (χ0v) is 16.8. The lowest BCUT2D eigenvalue weighted by molar-refractivity contribution is -0.262. The number of halogens is 3. The third kappa shape index (κ3) is 4.27. The quantitative estimate of drug-likeness (QED) is 0.719. The van der Waals surface area contributed by atoms with Crippen molar-refractivity contribution in [3.63, 3.8) is 0 Å². The fourth-order valence-corrected chi connectivity index (χ4v) is 4.05. The van der Waals surface area contributed by atoms with E-state index in [4.69, 9.17) is 0 Å². The maximum absolute atomic E-state index is 14.1. The SMILES string of the molecule is Cc1ccc(O)c(C(C)(C)CC(O)(CN2CC=Cc3ccccc32)C(F)(F)F)c1. The lowest BCUT2D eigenvalue weighted by Crippen LogP contribution is -2.56. The van der Waals surface area contributed by atoms with Gasteiger partial charge in [0.2, 0.25) is 0 Å². The molecule has 3 rings (SSSR count). The molecule has 0 aliphatic carbocycles. The standard InChI is InChI=1S/C23H26F3NO2/c1-16-10-11-20(28)18(13-16)21(2,3)14-22(29,23(24,25)26)15-27-12-6-8-17-7-4-5-9-19(17)27/h4-11,13,28-29H,12,14-15H2,1-3H3. The van der Waals surface area contributed by atoms with E-state index in [1.54, 1.807) is 49.1 Å². The summed E-state index contributed by atoms with van der Waals surface area (Å²) in [6.45, 7) is 4.73. The first kappa shape index (κ1) is 21.2. The number of benzene rings is 2. The molecule has 6 heteroatoms. The van der Waals surface area contributed by atoms with Crippen LogP contribution in [0.5, 0.6) is 5.75 Å². The molecule has 0 saturated heterocycles. The topological polar surface area (TPSA) is 43.7 Å². The van der Waals surface area contributed by atoms with Crippen LogP contribution in [0.1, 0.15) is 37.0 Å².